The number of ether oxygens (including phenoxy) is 2. The third kappa shape index (κ3) is 36.9. The van der Waals surface area contributed by atoms with Crippen molar-refractivity contribution in [3.05, 3.63) is 24.3 Å². The van der Waals surface area contributed by atoms with E-state index in [0.717, 1.165) is 38.5 Å². The maximum Gasteiger partial charge on any atom is 0.327 e. The molecule has 0 saturated carbocycles. The minimum Gasteiger partial charge on any atom is -0.390 e. The van der Waals surface area contributed by atoms with Crippen LogP contribution in [0.5, 0.6) is 0 Å². The number of nitrogens with zero attached hydrogens (tertiary/aromatic N) is 1. The van der Waals surface area contributed by atoms with Gasteiger partial charge in [0.15, 0.2) is 0 Å². The standard InChI is InChI=1S/C47H90NO7PS/c1-5-7-9-11-13-15-17-19-21-23-25-27-29-31-33-35-38-44(49)46(51-3)42-54-56(57,53-41-37-40-48)55-43-47(52-4)45(50)39-36-34-32-30-28-26-24-22-20-18-16-14-12-10-8-6-2/h19-22,44-47,49-50H,5-18,23-39,41-43H2,1-4H3. The van der Waals surface area contributed by atoms with Gasteiger partial charge in [0.1, 0.15) is 12.2 Å². The van der Waals surface area contributed by atoms with Crippen molar-refractivity contribution in [2.75, 3.05) is 34.0 Å². The lowest BCUT2D eigenvalue weighted by molar-refractivity contribution is -0.0546. The average molecular weight is 844 g/mol. The molecule has 4 unspecified atom stereocenters. The zero-order valence-electron chi connectivity index (χ0n) is 37.4. The molecule has 10 heteroatoms. The highest BCUT2D eigenvalue weighted by atomic mass is 32.5. The number of rotatable bonds is 45. The lowest BCUT2D eigenvalue weighted by Gasteiger charge is -2.28. The van der Waals surface area contributed by atoms with Crippen molar-refractivity contribution in [2.45, 2.75) is 237 Å². The Balaban J connectivity index is 4.33. The highest BCUT2D eigenvalue weighted by Gasteiger charge is 2.29. The van der Waals surface area contributed by atoms with Crippen molar-refractivity contribution < 1.29 is 33.3 Å². The second-order valence-corrected chi connectivity index (χ2v) is 18.9. The SMILES string of the molecule is CCCCCCCCC=CCCCCCCCCC(O)C(COP(=S)(OCCC#N)OCC(OC)C(O)CCCCCCCCC=CCCCCCCCC)OC. The first-order valence-corrected chi connectivity index (χ1v) is 26.0. The van der Waals surface area contributed by atoms with E-state index in [1.54, 1.807) is 14.2 Å². The Morgan fingerprint density at radius 3 is 1.14 bits per heavy atom. The molecule has 4 atom stereocenters. The molecular weight excluding hydrogens is 754 g/mol. The highest BCUT2D eigenvalue weighted by molar-refractivity contribution is 8.07. The molecule has 0 spiro atoms. The lowest BCUT2D eigenvalue weighted by atomic mass is 10.0. The predicted octanol–water partition coefficient (Wildman–Crippen LogP) is 13.8. The summed E-state index contributed by atoms with van der Waals surface area (Å²) in [5, 5.41) is 30.8. The van der Waals surface area contributed by atoms with Crippen LogP contribution in [0.25, 0.3) is 0 Å². The molecule has 0 aliphatic heterocycles. The summed E-state index contributed by atoms with van der Waals surface area (Å²) in [4.78, 5) is 0. The number of hydrogen-bond donors (Lipinski definition) is 2. The summed E-state index contributed by atoms with van der Waals surface area (Å²) in [6.07, 6.45) is 42.9. The van der Waals surface area contributed by atoms with Crippen LogP contribution in [0, 0.1) is 11.3 Å². The minimum atomic E-state index is -3.30. The van der Waals surface area contributed by atoms with Crippen molar-refractivity contribution in [3.63, 3.8) is 0 Å². The lowest BCUT2D eigenvalue weighted by Crippen LogP contribution is -2.34. The zero-order valence-corrected chi connectivity index (χ0v) is 39.1. The summed E-state index contributed by atoms with van der Waals surface area (Å²) in [7, 11) is 3.10. The molecule has 0 heterocycles. The van der Waals surface area contributed by atoms with Gasteiger partial charge in [0.25, 0.3) is 0 Å². The maximum absolute atomic E-state index is 10.9. The van der Waals surface area contributed by atoms with Crippen LogP contribution in [0.4, 0.5) is 0 Å². The van der Waals surface area contributed by atoms with Gasteiger partial charge in [-0.05, 0) is 76.0 Å². The van der Waals surface area contributed by atoms with Gasteiger partial charge in [0.2, 0.25) is 0 Å². The summed E-state index contributed by atoms with van der Waals surface area (Å²) >= 11 is 5.69. The Morgan fingerprint density at radius 1 is 0.509 bits per heavy atom. The molecule has 0 aliphatic carbocycles. The van der Waals surface area contributed by atoms with Crippen LogP contribution in [-0.4, -0.2) is 68.7 Å². The van der Waals surface area contributed by atoms with Gasteiger partial charge in [0, 0.05) is 14.2 Å². The first kappa shape index (κ1) is 56.3. The Labute approximate surface area is 357 Å². The van der Waals surface area contributed by atoms with Crippen molar-refractivity contribution >= 4 is 18.5 Å². The van der Waals surface area contributed by atoms with Crippen LogP contribution in [0.1, 0.15) is 213 Å². The normalized spacial score (nSPS) is 15.2. The monoisotopic (exact) mass is 844 g/mol. The first-order valence-electron chi connectivity index (χ1n) is 23.5. The Morgan fingerprint density at radius 2 is 0.825 bits per heavy atom. The van der Waals surface area contributed by atoms with Crippen molar-refractivity contribution in [2.24, 2.45) is 0 Å². The molecular formula is C47H90NO7PS. The molecule has 57 heavy (non-hydrogen) atoms. The number of aliphatic hydroxyl groups is 2. The van der Waals surface area contributed by atoms with Crippen molar-refractivity contribution in [1.29, 1.82) is 5.26 Å². The van der Waals surface area contributed by atoms with E-state index in [9.17, 15) is 10.2 Å². The second-order valence-electron chi connectivity index (χ2n) is 15.9. The zero-order chi connectivity index (χ0) is 41.9. The summed E-state index contributed by atoms with van der Waals surface area (Å²) in [5.41, 5.74) is 0. The molecule has 0 aromatic heterocycles. The van der Waals surface area contributed by atoms with E-state index >= 15 is 0 Å². The number of allylic oxidation sites excluding steroid dienone is 4. The average Bonchev–Trinajstić information content (AvgIpc) is 3.21. The van der Waals surface area contributed by atoms with Crippen LogP contribution in [-0.2, 0) is 34.9 Å². The Hall–Kier alpha value is -0.660. The van der Waals surface area contributed by atoms with Gasteiger partial charge in [-0.3, -0.25) is 0 Å². The van der Waals surface area contributed by atoms with Crippen LogP contribution < -0.4 is 0 Å². The smallest absolute Gasteiger partial charge is 0.327 e. The number of nitriles is 1. The molecule has 0 rings (SSSR count). The third-order valence-corrected chi connectivity index (χ3v) is 13.1. The molecule has 336 valence electrons. The Bertz CT molecular complexity index is 929. The number of aliphatic hydroxyl groups excluding tert-OH is 2. The van der Waals surface area contributed by atoms with Gasteiger partial charge < -0.3 is 33.3 Å². The summed E-state index contributed by atoms with van der Waals surface area (Å²) in [6.45, 7) is 1.30. The Kier molecular flexibility index (Phi) is 42.9. The molecule has 0 fully saturated rings. The molecule has 8 nitrogen and oxygen atoms in total. The number of methoxy groups -OCH3 is 2. The van der Waals surface area contributed by atoms with Crippen LogP contribution in [0.3, 0.4) is 0 Å². The fraction of sp³-hybridized carbons (Fsp3) is 0.894. The van der Waals surface area contributed by atoms with E-state index in [2.05, 4.69) is 44.2 Å². The van der Waals surface area contributed by atoms with E-state index < -0.39 is 31.1 Å². The molecule has 2 N–H and O–H groups in total. The largest absolute Gasteiger partial charge is 0.390 e. The predicted molar refractivity (Wildman–Crippen MR) is 244 cm³/mol. The molecule has 0 saturated heterocycles. The van der Waals surface area contributed by atoms with Crippen molar-refractivity contribution in [1.82, 2.24) is 0 Å². The van der Waals surface area contributed by atoms with Crippen LogP contribution in [0.2, 0.25) is 0 Å². The number of unbranched alkanes of at least 4 members (excludes halogenated alkanes) is 24. The van der Waals surface area contributed by atoms with Crippen LogP contribution >= 0.6 is 6.72 Å². The van der Waals surface area contributed by atoms with Gasteiger partial charge in [0.05, 0.1) is 44.5 Å². The van der Waals surface area contributed by atoms with E-state index in [0.29, 0.717) is 12.8 Å². The quantitative estimate of drug-likeness (QED) is 0.0352. The fourth-order valence-electron chi connectivity index (χ4n) is 6.89. The van der Waals surface area contributed by atoms with Gasteiger partial charge in [-0.15, -0.1) is 0 Å². The number of hydrogen-bond acceptors (Lipinski definition) is 9. The van der Waals surface area contributed by atoms with Gasteiger partial charge in [-0.1, -0.05) is 167 Å². The molecule has 0 aliphatic rings. The maximum atomic E-state index is 10.9. The summed E-state index contributed by atoms with van der Waals surface area (Å²) in [5.74, 6) is 0. The van der Waals surface area contributed by atoms with Gasteiger partial charge in [-0.25, -0.2) is 0 Å². The highest BCUT2D eigenvalue weighted by Crippen LogP contribution is 2.50. The molecule has 0 bridgehead atoms. The summed E-state index contributed by atoms with van der Waals surface area (Å²) in [6, 6.07) is 2.06. The molecule has 0 aromatic carbocycles. The van der Waals surface area contributed by atoms with Gasteiger partial charge >= 0.3 is 6.72 Å². The van der Waals surface area contributed by atoms with Crippen LogP contribution in [0.15, 0.2) is 24.3 Å². The first-order chi connectivity index (χ1) is 27.9. The topological polar surface area (TPSA) is 110 Å². The fourth-order valence-corrected chi connectivity index (χ4v) is 8.68. The molecule has 0 radical (unpaired) electrons. The van der Waals surface area contributed by atoms with E-state index in [1.807, 2.05) is 0 Å². The minimum absolute atomic E-state index is 0.00353. The van der Waals surface area contributed by atoms with E-state index in [-0.39, 0.29) is 26.2 Å². The third-order valence-electron chi connectivity index (χ3n) is 10.7. The summed E-state index contributed by atoms with van der Waals surface area (Å²) < 4.78 is 28.9. The van der Waals surface area contributed by atoms with Crippen molar-refractivity contribution in [3.8, 4) is 6.07 Å². The van der Waals surface area contributed by atoms with E-state index in [4.69, 9.17) is 40.1 Å². The van der Waals surface area contributed by atoms with Gasteiger partial charge in [-0.2, -0.15) is 5.26 Å². The second kappa shape index (κ2) is 43.4. The van der Waals surface area contributed by atoms with E-state index in [1.165, 1.54) is 141 Å². The molecule has 0 amide bonds. The molecule has 0 aromatic rings.